The lowest BCUT2D eigenvalue weighted by Gasteiger charge is -2.22. The minimum absolute atomic E-state index is 0.499. The number of aromatic nitrogens is 4. The number of H-pyrrole nitrogens is 4. The molecule has 4 aromatic heterocycles. The lowest BCUT2D eigenvalue weighted by molar-refractivity contribution is 0.111. The van der Waals surface area contributed by atoms with Gasteiger partial charge in [0.25, 0.3) is 0 Å². The molecule has 0 saturated carbocycles. The molecule has 2 aliphatic heterocycles. The van der Waals surface area contributed by atoms with Gasteiger partial charge < -0.3 is 19.9 Å². The number of aldehydes is 2. The molecule has 0 atom stereocenters. The predicted octanol–water partition coefficient (Wildman–Crippen LogP) is 13.1. The van der Waals surface area contributed by atoms with Gasteiger partial charge in [-0.1, -0.05) is 121 Å². The summed E-state index contributed by atoms with van der Waals surface area (Å²) in [5.41, 5.74) is 17.2. The van der Waals surface area contributed by atoms with Gasteiger partial charge >= 0.3 is 0 Å². The van der Waals surface area contributed by atoms with Gasteiger partial charge in [0.1, 0.15) is 0 Å². The molecule has 66 heavy (non-hydrogen) atoms. The summed E-state index contributed by atoms with van der Waals surface area (Å²) in [6.07, 6.45) is 10.0. The van der Waals surface area contributed by atoms with E-state index in [1.165, 1.54) is 0 Å². The normalized spacial score (nSPS) is 15.2. The molecule has 8 heteroatoms. The van der Waals surface area contributed by atoms with Crippen molar-refractivity contribution in [1.82, 2.24) is 19.9 Å². The van der Waals surface area contributed by atoms with Crippen molar-refractivity contribution in [3.05, 3.63) is 239 Å². The van der Waals surface area contributed by atoms with Crippen LogP contribution < -0.4 is 0 Å². The molecule has 0 bridgehead atoms. The van der Waals surface area contributed by atoms with Crippen LogP contribution in [0.15, 0.2) is 203 Å². The number of hydrogen-bond acceptors (Lipinski definition) is 4. The second-order valence-electron chi connectivity index (χ2n) is 17.7. The van der Waals surface area contributed by atoms with E-state index in [-0.39, 0.29) is 0 Å². The van der Waals surface area contributed by atoms with Gasteiger partial charge in [0.05, 0.1) is 57.0 Å². The number of carbonyl (C=O) groups excluding carboxylic acids is 2. The van der Waals surface area contributed by atoms with Gasteiger partial charge in [-0.2, -0.15) is 0 Å². The average molecular weight is 861 g/mol. The van der Waals surface area contributed by atoms with E-state index in [4.69, 9.17) is 9.98 Å². The molecule has 10 rings (SSSR count). The quantitative estimate of drug-likeness (QED) is 0.0863. The van der Waals surface area contributed by atoms with Crippen LogP contribution in [-0.2, 0) is 10.8 Å². The molecule has 0 fully saturated rings. The summed E-state index contributed by atoms with van der Waals surface area (Å²) in [5.74, 6) is 0. The van der Waals surface area contributed by atoms with Crippen molar-refractivity contribution < 1.29 is 9.59 Å². The Kier molecular flexibility index (Phi) is 10.7. The van der Waals surface area contributed by atoms with E-state index in [2.05, 4.69) is 181 Å². The maximum absolute atomic E-state index is 11.6. The highest BCUT2D eigenvalue weighted by Gasteiger charge is 2.33. The standard InChI is InChI=1S/C58H48N6O2/c1-57(2,49-29-25-41(35-65)59-49)51-31-27-45(61-51)53(39-21-13-7-14-22-39)55-43(37-17-9-5-10-18-37)33-47(63-55)48-34-44(38-19-11-6-12-20-38)56(64-48)54(40-23-15-8-16-24-40)46-28-32-52(62-46)58(3,4)50-30-26-42(36-66)60-50/h5-36,59-60,63-64H,1-4H3/b53-45+,54-46+. The molecule has 8 nitrogen and oxygen atoms in total. The third-order valence-corrected chi connectivity index (χ3v) is 12.8. The predicted molar refractivity (Wildman–Crippen MR) is 268 cm³/mol. The van der Waals surface area contributed by atoms with E-state index >= 15 is 0 Å². The Bertz CT molecular complexity index is 3080. The highest BCUT2D eigenvalue weighted by molar-refractivity contribution is 6.09. The molecule has 6 heterocycles. The topological polar surface area (TPSA) is 122 Å². The van der Waals surface area contributed by atoms with Crippen molar-refractivity contribution in [2.24, 2.45) is 9.98 Å². The van der Waals surface area contributed by atoms with Crippen LogP contribution >= 0.6 is 0 Å². The first kappa shape index (κ1) is 41.6. The van der Waals surface area contributed by atoms with Crippen molar-refractivity contribution in [2.75, 3.05) is 0 Å². The average Bonchev–Trinajstić information content (AvgIpc) is 4.22. The van der Waals surface area contributed by atoms with E-state index in [0.29, 0.717) is 11.4 Å². The van der Waals surface area contributed by atoms with Crippen molar-refractivity contribution in [3.8, 4) is 33.6 Å². The molecule has 2 aliphatic rings. The molecule has 322 valence electrons. The monoisotopic (exact) mass is 860 g/mol. The molecule has 0 radical (unpaired) electrons. The van der Waals surface area contributed by atoms with Gasteiger partial charge in [-0.15, -0.1) is 0 Å². The second kappa shape index (κ2) is 17.0. The van der Waals surface area contributed by atoms with Crippen molar-refractivity contribution in [2.45, 2.75) is 38.5 Å². The molecule has 0 spiro atoms. The van der Waals surface area contributed by atoms with E-state index in [9.17, 15) is 9.59 Å². The Hall–Kier alpha value is -8.36. The van der Waals surface area contributed by atoms with E-state index in [1.807, 2.05) is 48.5 Å². The second-order valence-corrected chi connectivity index (χ2v) is 17.7. The molecular formula is C58H48N6O2. The van der Waals surface area contributed by atoms with Gasteiger partial charge in [0.15, 0.2) is 12.6 Å². The Balaban J connectivity index is 1.17. The van der Waals surface area contributed by atoms with Gasteiger partial charge in [-0.3, -0.25) is 19.6 Å². The number of carbonyl (C=O) groups is 2. The molecule has 4 N–H and O–H groups in total. The SMILES string of the molecule is CC(C)(C1=N/C(=C(\c2ccccc2)c2[nH]c(-c3cc(-c4ccccc4)c(/C(=C4\C=CC(C(C)(C)c5ccc(C=O)[nH]5)=N4)c4ccccc4)[nH]3)cc2-c2ccccc2)C=C1)c1ccc(C=O)[nH]1. The lowest BCUT2D eigenvalue weighted by Crippen LogP contribution is -2.27. The maximum atomic E-state index is 11.6. The van der Waals surface area contributed by atoms with Crippen LogP contribution in [0.25, 0.3) is 44.8 Å². The van der Waals surface area contributed by atoms with Crippen LogP contribution in [0.5, 0.6) is 0 Å². The number of benzene rings is 4. The third-order valence-electron chi connectivity index (χ3n) is 12.8. The number of hydrogen-bond donors (Lipinski definition) is 4. The number of aromatic amines is 4. The summed E-state index contributed by atoms with van der Waals surface area (Å²) in [4.78, 5) is 48.4. The minimum Gasteiger partial charge on any atom is -0.355 e. The van der Waals surface area contributed by atoms with Crippen LogP contribution in [-0.4, -0.2) is 43.9 Å². The van der Waals surface area contributed by atoms with Crippen molar-refractivity contribution in [1.29, 1.82) is 0 Å². The number of nitrogens with zero attached hydrogens (tertiary/aromatic N) is 2. The Morgan fingerprint density at radius 3 is 1.15 bits per heavy atom. The molecular weight excluding hydrogens is 813 g/mol. The molecule has 0 amide bonds. The summed E-state index contributed by atoms with van der Waals surface area (Å²) >= 11 is 0. The zero-order chi connectivity index (χ0) is 45.4. The van der Waals surface area contributed by atoms with Crippen LogP contribution in [0.1, 0.15) is 82.6 Å². The maximum Gasteiger partial charge on any atom is 0.166 e. The van der Waals surface area contributed by atoms with Crippen LogP contribution in [0.4, 0.5) is 0 Å². The Morgan fingerprint density at radius 2 is 0.803 bits per heavy atom. The number of allylic oxidation sites excluding steroid dienone is 4. The van der Waals surface area contributed by atoms with Crippen LogP contribution in [0, 0.1) is 0 Å². The number of nitrogens with one attached hydrogen (secondary N) is 4. The van der Waals surface area contributed by atoms with Gasteiger partial charge in [-0.25, -0.2) is 0 Å². The lowest BCUT2D eigenvalue weighted by atomic mass is 9.84. The van der Waals surface area contributed by atoms with Crippen LogP contribution in [0.2, 0.25) is 0 Å². The minimum atomic E-state index is -0.499. The first-order valence-corrected chi connectivity index (χ1v) is 22.1. The van der Waals surface area contributed by atoms with Crippen molar-refractivity contribution in [3.63, 3.8) is 0 Å². The van der Waals surface area contributed by atoms with Crippen LogP contribution in [0.3, 0.4) is 0 Å². The number of aliphatic imine (C=N–C) groups is 2. The first-order chi connectivity index (χ1) is 32.1. The van der Waals surface area contributed by atoms with Crippen molar-refractivity contribution >= 4 is 35.1 Å². The zero-order valence-corrected chi connectivity index (χ0v) is 37.2. The summed E-state index contributed by atoms with van der Waals surface area (Å²) in [7, 11) is 0. The Labute approximate surface area is 384 Å². The summed E-state index contributed by atoms with van der Waals surface area (Å²) in [5, 5.41) is 0. The summed E-state index contributed by atoms with van der Waals surface area (Å²) in [6, 6.07) is 53.8. The molecule has 0 unspecified atom stereocenters. The largest absolute Gasteiger partial charge is 0.355 e. The van der Waals surface area contributed by atoms with Gasteiger partial charge in [0, 0.05) is 44.5 Å². The molecule has 0 saturated heterocycles. The molecule has 8 aromatic rings. The summed E-state index contributed by atoms with van der Waals surface area (Å²) in [6.45, 7) is 8.49. The molecule has 0 aliphatic carbocycles. The third kappa shape index (κ3) is 7.62. The zero-order valence-electron chi connectivity index (χ0n) is 37.2. The summed E-state index contributed by atoms with van der Waals surface area (Å²) < 4.78 is 0. The number of rotatable bonds is 13. The first-order valence-electron chi connectivity index (χ1n) is 22.1. The smallest absolute Gasteiger partial charge is 0.166 e. The van der Waals surface area contributed by atoms with E-state index < -0.39 is 10.8 Å². The fourth-order valence-corrected chi connectivity index (χ4v) is 9.00. The van der Waals surface area contributed by atoms with E-state index in [0.717, 1.165) is 114 Å². The Morgan fingerprint density at radius 1 is 0.439 bits per heavy atom. The van der Waals surface area contributed by atoms with Gasteiger partial charge in [-0.05, 0) is 111 Å². The fraction of sp³-hybridized carbons (Fsp3) is 0.103. The molecule has 4 aromatic carbocycles. The highest BCUT2D eigenvalue weighted by atomic mass is 16.1. The highest BCUT2D eigenvalue weighted by Crippen LogP contribution is 2.44. The fourth-order valence-electron chi connectivity index (χ4n) is 9.00. The van der Waals surface area contributed by atoms with E-state index in [1.54, 1.807) is 0 Å². The van der Waals surface area contributed by atoms with Gasteiger partial charge in [0.2, 0.25) is 0 Å².